The van der Waals surface area contributed by atoms with E-state index in [2.05, 4.69) is 5.32 Å². The van der Waals surface area contributed by atoms with E-state index in [-0.39, 0.29) is 15.4 Å². The van der Waals surface area contributed by atoms with Crippen molar-refractivity contribution < 1.29 is 21.6 Å². The van der Waals surface area contributed by atoms with Gasteiger partial charge in [-0.2, -0.15) is 4.31 Å². The lowest BCUT2D eigenvalue weighted by molar-refractivity contribution is 0.102. The Morgan fingerprint density at radius 1 is 0.906 bits per heavy atom. The second-order valence-electron chi connectivity index (χ2n) is 8.06. The van der Waals surface area contributed by atoms with E-state index in [4.69, 9.17) is 0 Å². The molecule has 0 saturated carbocycles. The summed E-state index contributed by atoms with van der Waals surface area (Å²) in [6, 6.07) is 10.4. The molecule has 1 saturated heterocycles. The highest BCUT2D eigenvalue weighted by Crippen LogP contribution is 2.26. The summed E-state index contributed by atoms with van der Waals surface area (Å²) in [7, 11) is -4.38. The largest absolute Gasteiger partial charge is 0.322 e. The molecule has 1 heterocycles. The quantitative estimate of drug-likeness (QED) is 0.686. The van der Waals surface area contributed by atoms with Crippen molar-refractivity contribution in [2.75, 3.05) is 32.5 Å². The summed E-state index contributed by atoms with van der Waals surface area (Å²) in [4.78, 5) is 12.9. The summed E-state index contributed by atoms with van der Waals surface area (Å²) in [5, 5.41) is 2.71. The Labute approximate surface area is 190 Å². The summed E-state index contributed by atoms with van der Waals surface area (Å²) in [6.45, 7) is 2.74. The van der Waals surface area contributed by atoms with E-state index in [1.807, 2.05) is 0 Å². The molecule has 2 aromatic carbocycles. The molecule has 1 aliphatic heterocycles. The molecular formula is C22H29N3O5S2. The summed E-state index contributed by atoms with van der Waals surface area (Å²) < 4.78 is 53.4. The molecule has 0 bridgehead atoms. The number of nitrogens with zero attached hydrogens (tertiary/aromatic N) is 2. The van der Waals surface area contributed by atoms with Crippen LogP contribution in [-0.4, -0.2) is 58.5 Å². The van der Waals surface area contributed by atoms with Crippen molar-refractivity contribution >= 4 is 31.6 Å². The molecule has 1 amide bonds. The average molecular weight is 480 g/mol. The van der Waals surface area contributed by atoms with Crippen molar-refractivity contribution in [3.8, 4) is 0 Å². The van der Waals surface area contributed by atoms with Crippen LogP contribution in [0, 0.1) is 6.92 Å². The Bertz CT molecular complexity index is 1180. The molecule has 8 nitrogen and oxygen atoms in total. The molecule has 0 atom stereocenters. The van der Waals surface area contributed by atoms with E-state index < -0.39 is 26.0 Å². The minimum absolute atomic E-state index is 0.0835. The van der Waals surface area contributed by atoms with Gasteiger partial charge >= 0.3 is 0 Å². The number of hydrogen-bond donors (Lipinski definition) is 1. The Kier molecular flexibility index (Phi) is 7.39. The number of carbonyl (C=O) groups excluding carboxylic acids is 1. The van der Waals surface area contributed by atoms with E-state index in [0.717, 1.165) is 30.0 Å². The van der Waals surface area contributed by atoms with E-state index in [0.29, 0.717) is 24.3 Å². The fourth-order valence-corrected chi connectivity index (χ4v) is 6.24. The van der Waals surface area contributed by atoms with Crippen LogP contribution in [0.15, 0.2) is 52.3 Å². The van der Waals surface area contributed by atoms with Crippen LogP contribution in [0.1, 0.15) is 41.6 Å². The Hall–Kier alpha value is -2.27. The van der Waals surface area contributed by atoms with Gasteiger partial charge in [-0.15, -0.1) is 0 Å². The Balaban J connectivity index is 1.82. The highest BCUT2D eigenvalue weighted by atomic mass is 32.2. The van der Waals surface area contributed by atoms with Gasteiger partial charge in [0.25, 0.3) is 5.91 Å². The maximum atomic E-state index is 13.2. The number of nitrogens with one attached hydrogen (secondary N) is 1. The van der Waals surface area contributed by atoms with Gasteiger partial charge in [-0.3, -0.25) is 4.79 Å². The minimum atomic E-state index is -3.66. The third kappa shape index (κ3) is 5.20. The van der Waals surface area contributed by atoms with Gasteiger partial charge in [0.1, 0.15) is 0 Å². The highest BCUT2D eigenvalue weighted by Gasteiger charge is 2.27. The second-order valence-corrected chi connectivity index (χ2v) is 12.1. The summed E-state index contributed by atoms with van der Waals surface area (Å²) in [6.07, 6.45) is 3.73. The Morgan fingerprint density at radius 2 is 1.50 bits per heavy atom. The number of hydrogen-bond acceptors (Lipinski definition) is 5. The van der Waals surface area contributed by atoms with Crippen LogP contribution in [0.3, 0.4) is 0 Å². The minimum Gasteiger partial charge on any atom is -0.322 e. The number of aryl methyl sites for hydroxylation is 1. The molecule has 1 aliphatic rings. The van der Waals surface area contributed by atoms with Crippen molar-refractivity contribution in [3.63, 3.8) is 0 Å². The molecule has 3 rings (SSSR count). The van der Waals surface area contributed by atoms with E-state index >= 15 is 0 Å². The molecule has 0 aliphatic carbocycles. The van der Waals surface area contributed by atoms with Crippen LogP contribution in [0.5, 0.6) is 0 Å². The molecule has 0 aromatic heterocycles. The number of benzene rings is 2. The molecule has 174 valence electrons. The van der Waals surface area contributed by atoms with Gasteiger partial charge in [0.05, 0.1) is 9.79 Å². The van der Waals surface area contributed by atoms with E-state index in [1.54, 1.807) is 19.1 Å². The topological polar surface area (TPSA) is 104 Å². The smallest absolute Gasteiger partial charge is 0.255 e. The molecular weight excluding hydrogens is 450 g/mol. The summed E-state index contributed by atoms with van der Waals surface area (Å²) in [5.74, 6) is -0.458. The van der Waals surface area contributed by atoms with Crippen LogP contribution in [0.25, 0.3) is 0 Å². The number of amides is 1. The fraction of sp³-hybridized carbons (Fsp3) is 0.409. The predicted octanol–water partition coefficient (Wildman–Crippen LogP) is 3.06. The van der Waals surface area contributed by atoms with Gasteiger partial charge in [-0.1, -0.05) is 18.9 Å². The molecule has 0 unspecified atom stereocenters. The number of carbonyl (C=O) groups is 1. The first-order valence-electron chi connectivity index (χ1n) is 10.5. The molecule has 0 spiro atoms. The van der Waals surface area contributed by atoms with Crippen molar-refractivity contribution in [1.29, 1.82) is 0 Å². The van der Waals surface area contributed by atoms with Crippen molar-refractivity contribution in [2.24, 2.45) is 0 Å². The number of anilines is 1. The Morgan fingerprint density at radius 3 is 2.06 bits per heavy atom. The van der Waals surface area contributed by atoms with E-state index in [1.165, 1.54) is 48.7 Å². The maximum absolute atomic E-state index is 13.2. The predicted molar refractivity (Wildman–Crippen MR) is 124 cm³/mol. The third-order valence-corrected chi connectivity index (χ3v) is 9.39. The average Bonchev–Trinajstić information content (AvgIpc) is 3.05. The van der Waals surface area contributed by atoms with Crippen molar-refractivity contribution in [1.82, 2.24) is 8.61 Å². The van der Waals surface area contributed by atoms with Crippen molar-refractivity contribution in [3.05, 3.63) is 53.6 Å². The van der Waals surface area contributed by atoms with Gasteiger partial charge in [0.2, 0.25) is 20.0 Å². The first-order valence-corrected chi connectivity index (χ1v) is 13.4. The maximum Gasteiger partial charge on any atom is 0.255 e. The number of rotatable bonds is 6. The molecule has 2 aromatic rings. The van der Waals surface area contributed by atoms with Gasteiger partial charge in [-0.25, -0.2) is 21.1 Å². The normalized spacial score (nSPS) is 16.0. The monoisotopic (exact) mass is 479 g/mol. The summed E-state index contributed by atoms with van der Waals surface area (Å²) >= 11 is 0. The van der Waals surface area contributed by atoms with Gasteiger partial charge in [0.15, 0.2) is 0 Å². The van der Waals surface area contributed by atoms with E-state index in [9.17, 15) is 21.6 Å². The SMILES string of the molecule is Cc1ccc(NC(=O)c2ccc(S(=O)(=O)N(C)C)cc2)cc1S(=O)(=O)N1CCCCCC1. The van der Waals surface area contributed by atoms with Crippen LogP contribution in [-0.2, 0) is 20.0 Å². The zero-order chi connectivity index (χ0) is 23.5. The molecule has 1 fully saturated rings. The third-order valence-electron chi connectivity index (χ3n) is 5.52. The van der Waals surface area contributed by atoms with Crippen LogP contribution >= 0.6 is 0 Å². The van der Waals surface area contributed by atoms with Crippen LogP contribution in [0.2, 0.25) is 0 Å². The van der Waals surface area contributed by atoms with Gasteiger partial charge in [0, 0.05) is 38.4 Å². The second kappa shape index (κ2) is 9.70. The zero-order valence-electron chi connectivity index (χ0n) is 18.5. The summed E-state index contributed by atoms with van der Waals surface area (Å²) in [5.41, 5.74) is 1.24. The van der Waals surface area contributed by atoms with Crippen LogP contribution < -0.4 is 5.32 Å². The van der Waals surface area contributed by atoms with Crippen molar-refractivity contribution in [2.45, 2.75) is 42.4 Å². The lowest BCUT2D eigenvalue weighted by Crippen LogP contribution is -2.32. The fourth-order valence-electron chi connectivity index (χ4n) is 3.57. The first kappa shape index (κ1) is 24.4. The van der Waals surface area contributed by atoms with Crippen LogP contribution in [0.4, 0.5) is 5.69 Å². The first-order chi connectivity index (χ1) is 15.0. The molecule has 10 heteroatoms. The standard InChI is InChI=1S/C22H29N3O5S2/c1-17-8-11-19(16-21(17)32(29,30)25-14-6-4-5-7-15-25)23-22(26)18-9-12-20(13-10-18)31(27,28)24(2)3/h8-13,16H,4-7,14-15H2,1-3H3,(H,23,26). The molecule has 0 radical (unpaired) electrons. The van der Waals surface area contributed by atoms with Gasteiger partial charge in [-0.05, 0) is 61.7 Å². The lowest BCUT2D eigenvalue weighted by atomic mass is 10.2. The number of sulfonamides is 2. The molecule has 32 heavy (non-hydrogen) atoms. The zero-order valence-corrected chi connectivity index (χ0v) is 20.2. The molecule has 1 N–H and O–H groups in total. The highest BCUT2D eigenvalue weighted by molar-refractivity contribution is 7.89. The van der Waals surface area contributed by atoms with Gasteiger partial charge < -0.3 is 5.32 Å². The lowest BCUT2D eigenvalue weighted by Gasteiger charge is -2.21.